The van der Waals surface area contributed by atoms with E-state index >= 15 is 0 Å². The van der Waals surface area contributed by atoms with E-state index in [0.29, 0.717) is 24.1 Å². The van der Waals surface area contributed by atoms with Crippen LogP contribution in [0.25, 0.3) is 0 Å². The van der Waals surface area contributed by atoms with Gasteiger partial charge in [-0.2, -0.15) is 0 Å². The van der Waals surface area contributed by atoms with Crippen LogP contribution in [0.1, 0.15) is 31.4 Å². The van der Waals surface area contributed by atoms with E-state index in [1.165, 1.54) is 0 Å². The van der Waals surface area contributed by atoms with Gasteiger partial charge in [-0.1, -0.05) is 26.0 Å². The normalized spacial score (nSPS) is 12.9. The Bertz CT molecular complexity index is 473. The molecule has 0 aliphatic carbocycles. The molecule has 1 atom stereocenters. The second-order valence-corrected chi connectivity index (χ2v) is 6.26. The first-order valence-electron chi connectivity index (χ1n) is 7.42. The molecule has 0 aliphatic heterocycles. The Morgan fingerprint density at radius 1 is 1.33 bits per heavy atom. The van der Waals surface area contributed by atoms with Crippen LogP contribution in [0.5, 0.6) is 0 Å². The summed E-state index contributed by atoms with van der Waals surface area (Å²) in [7, 11) is 4.18. The first-order chi connectivity index (χ1) is 9.81. The summed E-state index contributed by atoms with van der Waals surface area (Å²) < 4.78 is 0. The van der Waals surface area contributed by atoms with Gasteiger partial charge in [0.25, 0.3) is 5.69 Å². The maximum absolute atomic E-state index is 10.9. The highest BCUT2D eigenvalue weighted by Gasteiger charge is 2.14. The number of nitro groups is 1. The fraction of sp³-hybridized carbons (Fsp3) is 0.625. The van der Waals surface area contributed by atoms with Crippen molar-refractivity contribution in [3.63, 3.8) is 0 Å². The molecule has 1 rings (SSSR count). The predicted molar refractivity (Wildman–Crippen MR) is 86.5 cm³/mol. The van der Waals surface area contributed by atoms with E-state index < -0.39 is 0 Å². The second-order valence-electron chi connectivity index (χ2n) is 6.26. The first-order valence-corrected chi connectivity index (χ1v) is 7.42. The third-order valence-corrected chi connectivity index (χ3v) is 3.65. The molecule has 1 aromatic carbocycles. The summed E-state index contributed by atoms with van der Waals surface area (Å²) in [5.41, 5.74) is 1.85. The average Bonchev–Trinajstić information content (AvgIpc) is 2.38. The van der Waals surface area contributed by atoms with Crippen molar-refractivity contribution in [3.8, 4) is 0 Å². The number of hydrogen-bond acceptors (Lipinski definition) is 4. The highest BCUT2D eigenvalue weighted by Crippen LogP contribution is 2.19. The molecule has 0 fully saturated rings. The van der Waals surface area contributed by atoms with Gasteiger partial charge in [0.15, 0.2) is 0 Å². The van der Waals surface area contributed by atoms with Crippen LogP contribution in [0.15, 0.2) is 18.2 Å². The zero-order chi connectivity index (χ0) is 16.0. The van der Waals surface area contributed by atoms with Gasteiger partial charge in [-0.05, 0) is 38.9 Å². The van der Waals surface area contributed by atoms with Crippen molar-refractivity contribution in [3.05, 3.63) is 39.4 Å². The lowest BCUT2D eigenvalue weighted by molar-refractivity contribution is -0.385. The van der Waals surface area contributed by atoms with Crippen molar-refractivity contribution in [1.29, 1.82) is 0 Å². The molecule has 1 unspecified atom stereocenters. The minimum atomic E-state index is -0.319. The second kappa shape index (κ2) is 8.10. The van der Waals surface area contributed by atoms with Crippen LogP contribution in [0.2, 0.25) is 0 Å². The first kappa shape index (κ1) is 17.6. The number of nitrogens with one attached hydrogen (secondary N) is 1. The summed E-state index contributed by atoms with van der Waals surface area (Å²) in [6.07, 6.45) is 1.13. The SMILES string of the molecule is Cc1ccc(CNCC(CC(C)C)N(C)C)cc1[N+](=O)[O-]. The van der Waals surface area contributed by atoms with Gasteiger partial charge >= 0.3 is 0 Å². The van der Waals surface area contributed by atoms with Crippen molar-refractivity contribution in [2.45, 2.75) is 39.8 Å². The average molecular weight is 293 g/mol. The minimum Gasteiger partial charge on any atom is -0.311 e. The van der Waals surface area contributed by atoms with Crippen molar-refractivity contribution < 1.29 is 4.92 Å². The number of rotatable bonds is 8. The lowest BCUT2D eigenvalue weighted by atomic mass is 10.0. The largest absolute Gasteiger partial charge is 0.311 e. The van der Waals surface area contributed by atoms with Crippen LogP contribution < -0.4 is 5.32 Å². The summed E-state index contributed by atoms with van der Waals surface area (Å²) in [5, 5.41) is 14.4. The van der Waals surface area contributed by atoms with Crippen LogP contribution in [0, 0.1) is 23.0 Å². The maximum Gasteiger partial charge on any atom is 0.272 e. The molecule has 0 radical (unpaired) electrons. The number of likely N-dealkylation sites (N-methyl/N-ethyl adjacent to an activating group) is 1. The summed E-state index contributed by atoms with van der Waals surface area (Å²) in [4.78, 5) is 12.9. The monoisotopic (exact) mass is 293 g/mol. The molecule has 0 saturated carbocycles. The number of nitro benzene ring substituents is 1. The quantitative estimate of drug-likeness (QED) is 0.591. The molecule has 0 aromatic heterocycles. The maximum atomic E-state index is 10.9. The Morgan fingerprint density at radius 3 is 2.52 bits per heavy atom. The van der Waals surface area contributed by atoms with E-state index in [4.69, 9.17) is 0 Å². The molecule has 0 bridgehead atoms. The van der Waals surface area contributed by atoms with Crippen LogP contribution in [-0.2, 0) is 6.54 Å². The van der Waals surface area contributed by atoms with Gasteiger partial charge < -0.3 is 10.2 Å². The van der Waals surface area contributed by atoms with Gasteiger partial charge in [-0.25, -0.2) is 0 Å². The highest BCUT2D eigenvalue weighted by molar-refractivity contribution is 5.42. The fourth-order valence-electron chi connectivity index (χ4n) is 2.37. The van der Waals surface area contributed by atoms with E-state index in [-0.39, 0.29) is 10.6 Å². The van der Waals surface area contributed by atoms with Gasteiger partial charge in [0, 0.05) is 30.8 Å². The minimum absolute atomic E-state index is 0.195. The van der Waals surface area contributed by atoms with E-state index in [0.717, 1.165) is 18.5 Å². The fourth-order valence-corrected chi connectivity index (χ4v) is 2.37. The molecule has 21 heavy (non-hydrogen) atoms. The number of benzene rings is 1. The standard InChI is InChI=1S/C16H27N3O2/c1-12(2)8-15(18(4)5)11-17-10-14-7-6-13(3)16(9-14)19(20)21/h6-7,9,12,15,17H,8,10-11H2,1-5H3. The third kappa shape index (κ3) is 5.81. The number of hydrogen-bond donors (Lipinski definition) is 1. The smallest absolute Gasteiger partial charge is 0.272 e. The molecule has 0 amide bonds. The Kier molecular flexibility index (Phi) is 6.78. The van der Waals surface area contributed by atoms with Crippen LogP contribution in [-0.4, -0.2) is 36.5 Å². The molecular formula is C16H27N3O2. The van der Waals surface area contributed by atoms with Gasteiger partial charge in [0.05, 0.1) is 4.92 Å². The molecule has 5 nitrogen and oxygen atoms in total. The molecule has 0 heterocycles. The van der Waals surface area contributed by atoms with Gasteiger partial charge in [0.1, 0.15) is 0 Å². The Labute approximate surface area is 127 Å². The zero-order valence-electron chi connectivity index (χ0n) is 13.7. The lowest BCUT2D eigenvalue weighted by Gasteiger charge is -2.26. The molecule has 118 valence electrons. The summed E-state index contributed by atoms with van der Waals surface area (Å²) in [6, 6.07) is 5.90. The van der Waals surface area contributed by atoms with Crippen LogP contribution in [0.3, 0.4) is 0 Å². The zero-order valence-corrected chi connectivity index (χ0v) is 13.7. The molecule has 0 aliphatic rings. The van der Waals surface area contributed by atoms with Crippen molar-refractivity contribution in [2.24, 2.45) is 5.92 Å². The van der Waals surface area contributed by atoms with Gasteiger partial charge in [-0.3, -0.25) is 10.1 Å². The summed E-state index contributed by atoms with van der Waals surface area (Å²) >= 11 is 0. The van der Waals surface area contributed by atoms with Crippen molar-refractivity contribution >= 4 is 5.69 Å². The molecular weight excluding hydrogens is 266 g/mol. The third-order valence-electron chi connectivity index (χ3n) is 3.65. The van der Waals surface area contributed by atoms with E-state index in [1.54, 1.807) is 13.0 Å². The topological polar surface area (TPSA) is 58.4 Å². The Morgan fingerprint density at radius 2 is 2.00 bits per heavy atom. The number of nitrogens with zero attached hydrogens (tertiary/aromatic N) is 2. The molecule has 1 aromatic rings. The summed E-state index contributed by atoms with van der Waals surface area (Å²) in [6.45, 7) is 7.75. The lowest BCUT2D eigenvalue weighted by Crippen LogP contribution is -2.38. The predicted octanol–water partition coefficient (Wildman–Crippen LogP) is 2.97. The van der Waals surface area contributed by atoms with Crippen LogP contribution in [0.4, 0.5) is 5.69 Å². The number of aryl methyl sites for hydroxylation is 1. The summed E-state index contributed by atoms with van der Waals surface area (Å²) in [5.74, 6) is 0.652. The highest BCUT2D eigenvalue weighted by atomic mass is 16.6. The van der Waals surface area contributed by atoms with E-state index in [9.17, 15) is 10.1 Å². The van der Waals surface area contributed by atoms with E-state index in [1.807, 2.05) is 12.1 Å². The molecule has 0 spiro atoms. The molecule has 0 saturated heterocycles. The molecule has 5 heteroatoms. The molecule has 1 N–H and O–H groups in total. The van der Waals surface area contributed by atoms with E-state index in [2.05, 4.69) is 38.2 Å². The van der Waals surface area contributed by atoms with Crippen LogP contribution >= 0.6 is 0 Å². The van der Waals surface area contributed by atoms with Gasteiger partial charge in [0.2, 0.25) is 0 Å². The van der Waals surface area contributed by atoms with Gasteiger partial charge in [-0.15, -0.1) is 0 Å². The Hall–Kier alpha value is -1.46. The van der Waals surface area contributed by atoms with Crippen molar-refractivity contribution in [2.75, 3.05) is 20.6 Å². The van der Waals surface area contributed by atoms with Crippen molar-refractivity contribution in [1.82, 2.24) is 10.2 Å². The Balaban J connectivity index is 2.59.